The van der Waals surface area contributed by atoms with Crippen molar-refractivity contribution in [1.29, 1.82) is 0 Å². The Morgan fingerprint density at radius 2 is 1.97 bits per heavy atom. The zero-order chi connectivity index (χ0) is 24.8. The molecular weight excluding hydrogens is 456 g/mol. The maximum atomic E-state index is 13.6. The predicted molar refractivity (Wildman–Crippen MR) is 136 cm³/mol. The normalized spacial score (nSPS) is 15.6. The van der Waals surface area contributed by atoms with Gasteiger partial charge in [0.15, 0.2) is 5.76 Å². The van der Waals surface area contributed by atoms with E-state index in [4.69, 9.17) is 9.15 Å². The average Bonchev–Trinajstić information content (AvgIpc) is 3.27. The summed E-state index contributed by atoms with van der Waals surface area (Å²) in [5.41, 5.74) is 4.51. The van der Waals surface area contributed by atoms with Crippen molar-refractivity contribution >= 4 is 22.9 Å². The second-order valence-electron chi connectivity index (χ2n) is 9.43. The van der Waals surface area contributed by atoms with Crippen molar-refractivity contribution in [2.75, 3.05) is 13.2 Å². The quantitative estimate of drug-likeness (QED) is 0.441. The van der Waals surface area contributed by atoms with E-state index in [0.29, 0.717) is 18.8 Å². The Kier molecular flexibility index (Phi) is 5.40. The molecule has 1 atom stereocenters. The van der Waals surface area contributed by atoms with Gasteiger partial charge < -0.3 is 24.1 Å². The first-order valence-corrected chi connectivity index (χ1v) is 12.1. The van der Waals surface area contributed by atoms with E-state index in [1.54, 1.807) is 6.92 Å². The van der Waals surface area contributed by atoms with E-state index in [1.807, 2.05) is 53.4 Å². The van der Waals surface area contributed by atoms with Crippen molar-refractivity contribution in [3.05, 3.63) is 98.7 Å². The van der Waals surface area contributed by atoms with Gasteiger partial charge in [-0.2, -0.15) is 0 Å². The zero-order valence-corrected chi connectivity index (χ0v) is 19.9. The van der Waals surface area contributed by atoms with Crippen molar-refractivity contribution in [2.24, 2.45) is 0 Å². The first-order valence-electron chi connectivity index (χ1n) is 12.1. The van der Waals surface area contributed by atoms with Gasteiger partial charge in [0.2, 0.25) is 17.1 Å². The molecule has 0 saturated heterocycles. The van der Waals surface area contributed by atoms with Gasteiger partial charge >= 0.3 is 0 Å². The Hall–Kier alpha value is -4.26. The third-order valence-electron chi connectivity index (χ3n) is 7.10. The Bertz CT molecular complexity index is 1580. The van der Waals surface area contributed by atoms with E-state index in [0.717, 1.165) is 34.5 Å². The molecule has 2 N–H and O–H groups in total. The van der Waals surface area contributed by atoms with Gasteiger partial charge in [-0.1, -0.05) is 36.4 Å². The maximum Gasteiger partial charge on any atom is 0.227 e. The molecule has 0 unspecified atom stereocenters. The molecule has 2 aromatic carbocycles. The van der Waals surface area contributed by atoms with E-state index < -0.39 is 17.1 Å². The molecule has 0 radical (unpaired) electrons. The Balaban J connectivity index is 1.34. The highest BCUT2D eigenvalue weighted by Gasteiger charge is 2.32. The van der Waals surface area contributed by atoms with Crippen molar-refractivity contribution < 1.29 is 19.1 Å². The van der Waals surface area contributed by atoms with Gasteiger partial charge in [0.1, 0.15) is 18.1 Å². The summed E-state index contributed by atoms with van der Waals surface area (Å²) in [5, 5.41) is 11.8. The van der Waals surface area contributed by atoms with E-state index in [1.165, 1.54) is 17.0 Å². The molecule has 4 aromatic rings. The molecule has 4 heterocycles. The van der Waals surface area contributed by atoms with Crippen LogP contribution in [0, 0.1) is 6.92 Å². The van der Waals surface area contributed by atoms with E-state index in [2.05, 4.69) is 11.1 Å². The highest BCUT2D eigenvalue weighted by Crippen LogP contribution is 2.39. The van der Waals surface area contributed by atoms with Gasteiger partial charge in [0.25, 0.3) is 0 Å². The van der Waals surface area contributed by atoms with Crippen LogP contribution in [0.25, 0.3) is 17.0 Å². The van der Waals surface area contributed by atoms with Gasteiger partial charge in [-0.3, -0.25) is 9.59 Å². The molecule has 182 valence electrons. The van der Waals surface area contributed by atoms with Crippen LogP contribution in [0.1, 0.15) is 40.7 Å². The number of aromatic nitrogens is 1. The minimum atomic E-state index is -0.637. The summed E-state index contributed by atoms with van der Waals surface area (Å²) < 4.78 is 11.8. The number of hydrogen-bond acceptors (Lipinski definition) is 5. The van der Waals surface area contributed by atoms with Crippen LogP contribution in [-0.4, -0.2) is 34.0 Å². The second kappa shape index (κ2) is 8.75. The third-order valence-corrected chi connectivity index (χ3v) is 7.10. The van der Waals surface area contributed by atoms with Crippen LogP contribution in [0.2, 0.25) is 0 Å². The fourth-order valence-corrected chi connectivity index (χ4v) is 5.30. The zero-order valence-electron chi connectivity index (χ0n) is 19.9. The number of aromatic amines is 1. The van der Waals surface area contributed by atoms with E-state index >= 15 is 0 Å². The van der Waals surface area contributed by atoms with Crippen LogP contribution in [0.3, 0.4) is 0 Å². The number of amides is 1. The predicted octanol–water partition coefficient (Wildman–Crippen LogP) is 4.67. The fraction of sp³-hybridized carbons (Fsp3) is 0.241. The number of aryl methyl sites for hydroxylation is 1. The molecule has 0 bridgehead atoms. The second-order valence-corrected chi connectivity index (χ2v) is 9.43. The summed E-state index contributed by atoms with van der Waals surface area (Å²) in [6.07, 6.45) is 2.77. The van der Waals surface area contributed by atoms with Crippen molar-refractivity contribution in [1.82, 2.24) is 9.88 Å². The molecule has 7 heteroatoms. The van der Waals surface area contributed by atoms with Crippen LogP contribution in [0.15, 0.2) is 69.4 Å². The first-order chi connectivity index (χ1) is 17.5. The molecule has 6 rings (SSSR count). The molecule has 2 aliphatic rings. The summed E-state index contributed by atoms with van der Waals surface area (Å²) in [6.45, 7) is 2.98. The number of nitrogens with one attached hydrogen (secondary N) is 1. The van der Waals surface area contributed by atoms with Crippen LogP contribution in [0.4, 0.5) is 0 Å². The topological polar surface area (TPSA) is 95.8 Å². The van der Waals surface area contributed by atoms with Crippen LogP contribution >= 0.6 is 0 Å². The van der Waals surface area contributed by atoms with E-state index in [9.17, 15) is 14.7 Å². The lowest BCUT2D eigenvalue weighted by molar-refractivity contribution is -0.132. The van der Waals surface area contributed by atoms with Gasteiger partial charge in [0, 0.05) is 41.2 Å². The number of fused-ring (bicyclic) bond motifs is 4. The SMILES string of the molecule is Cc1cc(=O)c(O)c([C@@H](CC(=O)N2CCc3c([nH]c4ccccc34)C2)C2=Cc3ccccc3OC2)o1. The summed E-state index contributed by atoms with van der Waals surface area (Å²) in [5.74, 6) is 0.0584. The standard InChI is InChI=1S/C29H26N2O5/c1-17-12-25(32)28(34)29(36-17)22(19-13-18-6-2-5-9-26(18)35-16-19)14-27(33)31-11-10-21-20-7-3-4-8-23(20)30-24(21)15-31/h2-9,12-13,22,30,34H,10-11,14-16H2,1H3/t22-/m0/s1. The Labute approximate surface area is 207 Å². The average molecular weight is 483 g/mol. The molecule has 36 heavy (non-hydrogen) atoms. The number of hydrogen-bond donors (Lipinski definition) is 2. The molecule has 7 nitrogen and oxygen atoms in total. The molecule has 0 fully saturated rings. The molecule has 2 aromatic heterocycles. The molecule has 1 amide bonds. The maximum absolute atomic E-state index is 13.6. The monoisotopic (exact) mass is 482 g/mol. The third kappa shape index (κ3) is 3.86. The van der Waals surface area contributed by atoms with Gasteiger partial charge in [-0.05, 0) is 42.7 Å². The lowest BCUT2D eigenvalue weighted by Crippen LogP contribution is -2.37. The van der Waals surface area contributed by atoms with Crippen molar-refractivity contribution in [3.8, 4) is 11.5 Å². The number of aromatic hydroxyl groups is 1. The van der Waals surface area contributed by atoms with Crippen LogP contribution in [-0.2, 0) is 17.8 Å². The number of nitrogens with zero attached hydrogens (tertiary/aromatic N) is 1. The van der Waals surface area contributed by atoms with Crippen molar-refractivity contribution in [3.63, 3.8) is 0 Å². The van der Waals surface area contributed by atoms with Crippen molar-refractivity contribution in [2.45, 2.75) is 32.2 Å². The lowest BCUT2D eigenvalue weighted by Gasteiger charge is -2.30. The fourth-order valence-electron chi connectivity index (χ4n) is 5.30. The largest absolute Gasteiger partial charge is 0.502 e. The number of carbonyl (C=O) groups is 1. The molecule has 0 spiro atoms. The lowest BCUT2D eigenvalue weighted by atomic mass is 9.88. The summed E-state index contributed by atoms with van der Waals surface area (Å²) in [4.78, 5) is 31.3. The number of ether oxygens (including phenoxy) is 1. The number of rotatable bonds is 4. The molecule has 0 saturated carbocycles. The minimum absolute atomic E-state index is 0.0485. The van der Waals surface area contributed by atoms with Crippen LogP contribution < -0.4 is 10.2 Å². The Morgan fingerprint density at radius 3 is 2.86 bits per heavy atom. The number of para-hydroxylation sites is 2. The number of H-pyrrole nitrogens is 1. The summed E-state index contributed by atoms with van der Waals surface area (Å²) >= 11 is 0. The molecule has 0 aliphatic carbocycles. The summed E-state index contributed by atoms with van der Waals surface area (Å²) in [7, 11) is 0. The highest BCUT2D eigenvalue weighted by molar-refractivity contribution is 5.86. The number of carbonyl (C=O) groups excluding carboxylic acids is 1. The van der Waals surface area contributed by atoms with Crippen LogP contribution in [0.5, 0.6) is 11.5 Å². The Morgan fingerprint density at radius 1 is 1.17 bits per heavy atom. The summed E-state index contributed by atoms with van der Waals surface area (Å²) in [6, 6.07) is 17.1. The number of benzene rings is 2. The smallest absolute Gasteiger partial charge is 0.227 e. The highest BCUT2D eigenvalue weighted by atomic mass is 16.5. The van der Waals surface area contributed by atoms with E-state index in [-0.39, 0.29) is 24.7 Å². The minimum Gasteiger partial charge on any atom is -0.502 e. The molecular formula is C29H26N2O5. The first kappa shape index (κ1) is 22.2. The van der Waals surface area contributed by atoms with Gasteiger partial charge in [-0.15, -0.1) is 0 Å². The van der Waals surface area contributed by atoms with Gasteiger partial charge in [0.05, 0.1) is 12.5 Å². The molecule has 2 aliphatic heterocycles. The van der Waals surface area contributed by atoms with Gasteiger partial charge in [-0.25, -0.2) is 0 Å².